The summed E-state index contributed by atoms with van der Waals surface area (Å²) in [5.41, 5.74) is 0.940. The lowest BCUT2D eigenvalue weighted by Gasteiger charge is -2.05. The van der Waals surface area contributed by atoms with Gasteiger partial charge in [0, 0.05) is 16.5 Å². The van der Waals surface area contributed by atoms with Gasteiger partial charge in [-0.25, -0.2) is 8.78 Å². The molecule has 19 heavy (non-hydrogen) atoms. The van der Waals surface area contributed by atoms with E-state index in [4.69, 9.17) is 0 Å². The third-order valence-corrected chi connectivity index (χ3v) is 3.98. The second-order valence-corrected chi connectivity index (χ2v) is 5.67. The highest BCUT2D eigenvalue weighted by atomic mass is 79.9. The summed E-state index contributed by atoms with van der Waals surface area (Å²) in [7, 11) is 0. The monoisotopic (exact) mass is 388 g/mol. The first-order valence-corrected chi connectivity index (χ1v) is 6.98. The van der Waals surface area contributed by atoms with E-state index in [0.717, 1.165) is 0 Å². The van der Waals surface area contributed by atoms with Gasteiger partial charge < -0.3 is 0 Å². The Morgan fingerprint density at radius 1 is 1.00 bits per heavy atom. The Labute approximate surface area is 125 Å². The molecule has 0 saturated carbocycles. The predicted molar refractivity (Wildman–Crippen MR) is 76.2 cm³/mol. The quantitative estimate of drug-likeness (QED) is 0.681. The zero-order chi connectivity index (χ0) is 14.0. The lowest BCUT2D eigenvalue weighted by Crippen LogP contribution is -2.05. The van der Waals surface area contributed by atoms with Crippen LogP contribution in [0, 0.1) is 11.6 Å². The number of rotatable bonds is 3. The van der Waals surface area contributed by atoms with Crippen molar-refractivity contribution >= 4 is 37.6 Å². The van der Waals surface area contributed by atoms with Crippen molar-refractivity contribution in [3.63, 3.8) is 0 Å². The van der Waals surface area contributed by atoms with Crippen molar-refractivity contribution in [2.45, 2.75) is 6.42 Å². The van der Waals surface area contributed by atoms with Crippen LogP contribution in [0.2, 0.25) is 0 Å². The molecule has 2 aromatic rings. The SMILES string of the molecule is O=C(Cc1cc(F)ccc1Br)c1ccc(F)c(Br)c1. The first-order chi connectivity index (χ1) is 8.97. The number of ketones is 1. The van der Waals surface area contributed by atoms with E-state index in [-0.39, 0.29) is 16.7 Å². The maximum absolute atomic E-state index is 13.1. The van der Waals surface area contributed by atoms with Crippen LogP contribution in [0.1, 0.15) is 15.9 Å². The summed E-state index contributed by atoms with van der Waals surface area (Å²) < 4.78 is 27.1. The van der Waals surface area contributed by atoms with Crippen LogP contribution in [-0.2, 0) is 6.42 Å². The lowest BCUT2D eigenvalue weighted by molar-refractivity contribution is 0.0992. The number of hydrogen-bond donors (Lipinski definition) is 0. The molecule has 0 fully saturated rings. The summed E-state index contributed by atoms with van der Waals surface area (Å²) in [4.78, 5) is 12.1. The molecule has 0 atom stereocenters. The second kappa shape index (κ2) is 5.92. The minimum atomic E-state index is -0.427. The summed E-state index contributed by atoms with van der Waals surface area (Å²) in [6.07, 6.45) is 0.0520. The largest absolute Gasteiger partial charge is 0.294 e. The van der Waals surface area contributed by atoms with E-state index < -0.39 is 11.6 Å². The molecule has 0 unspecified atom stereocenters. The van der Waals surface area contributed by atoms with Gasteiger partial charge in [0.25, 0.3) is 0 Å². The minimum absolute atomic E-state index is 0.0520. The second-order valence-electron chi connectivity index (χ2n) is 3.96. The highest BCUT2D eigenvalue weighted by molar-refractivity contribution is 9.10. The molecule has 2 aromatic carbocycles. The van der Waals surface area contributed by atoms with Gasteiger partial charge in [-0.2, -0.15) is 0 Å². The molecule has 0 aromatic heterocycles. The summed E-state index contributed by atoms with van der Waals surface area (Å²) in [6, 6.07) is 8.23. The molecular formula is C14H8Br2F2O. The Balaban J connectivity index is 2.25. The number of Topliss-reactive ketones (excluding diaryl/α,β-unsaturated/α-hetero) is 1. The molecule has 0 saturated heterocycles. The average molecular weight is 390 g/mol. The third kappa shape index (κ3) is 3.48. The molecule has 0 N–H and O–H groups in total. The predicted octanol–water partition coefficient (Wildman–Crippen LogP) is 4.92. The van der Waals surface area contributed by atoms with E-state index >= 15 is 0 Å². The van der Waals surface area contributed by atoms with Crippen molar-refractivity contribution in [3.05, 3.63) is 68.1 Å². The van der Waals surface area contributed by atoms with Crippen LogP contribution in [0.15, 0.2) is 45.3 Å². The van der Waals surface area contributed by atoms with Crippen LogP contribution in [0.3, 0.4) is 0 Å². The molecular weight excluding hydrogens is 382 g/mol. The van der Waals surface area contributed by atoms with Crippen molar-refractivity contribution in [1.82, 2.24) is 0 Å². The molecule has 0 aliphatic carbocycles. The topological polar surface area (TPSA) is 17.1 Å². The van der Waals surface area contributed by atoms with E-state index in [0.29, 0.717) is 15.6 Å². The van der Waals surface area contributed by atoms with Gasteiger partial charge in [-0.15, -0.1) is 0 Å². The maximum Gasteiger partial charge on any atom is 0.167 e. The molecule has 1 nitrogen and oxygen atoms in total. The number of halogens is 4. The summed E-state index contributed by atoms with van der Waals surface area (Å²) in [5, 5.41) is 0. The fourth-order valence-electron chi connectivity index (χ4n) is 1.62. The number of carbonyl (C=O) groups is 1. The van der Waals surface area contributed by atoms with E-state index in [1.165, 1.54) is 30.3 Å². The molecule has 0 heterocycles. The molecule has 0 bridgehead atoms. The zero-order valence-electron chi connectivity index (χ0n) is 9.59. The van der Waals surface area contributed by atoms with Gasteiger partial charge in [0.2, 0.25) is 0 Å². The van der Waals surface area contributed by atoms with Crippen molar-refractivity contribution < 1.29 is 13.6 Å². The number of hydrogen-bond acceptors (Lipinski definition) is 1. The van der Waals surface area contributed by atoms with Crippen LogP contribution in [0.4, 0.5) is 8.78 Å². The smallest absolute Gasteiger partial charge is 0.167 e. The summed E-state index contributed by atoms with van der Waals surface area (Å²) >= 11 is 6.30. The molecule has 0 spiro atoms. The fraction of sp³-hybridized carbons (Fsp3) is 0.0714. The summed E-state index contributed by atoms with van der Waals surface area (Å²) in [6.45, 7) is 0. The van der Waals surface area contributed by atoms with Crippen LogP contribution in [-0.4, -0.2) is 5.78 Å². The normalized spacial score (nSPS) is 10.5. The van der Waals surface area contributed by atoms with Crippen LogP contribution < -0.4 is 0 Å². The van der Waals surface area contributed by atoms with Crippen molar-refractivity contribution in [1.29, 1.82) is 0 Å². The summed E-state index contributed by atoms with van der Waals surface area (Å²) in [5.74, 6) is -1.03. The molecule has 0 amide bonds. The Morgan fingerprint density at radius 3 is 2.42 bits per heavy atom. The van der Waals surface area contributed by atoms with Gasteiger partial charge in [-0.05, 0) is 57.9 Å². The van der Waals surface area contributed by atoms with Crippen LogP contribution >= 0.6 is 31.9 Å². The molecule has 0 radical (unpaired) electrons. The maximum atomic E-state index is 13.1. The van der Waals surface area contributed by atoms with E-state index in [1.54, 1.807) is 6.07 Å². The lowest BCUT2D eigenvalue weighted by atomic mass is 10.0. The van der Waals surface area contributed by atoms with Crippen LogP contribution in [0.25, 0.3) is 0 Å². The first kappa shape index (κ1) is 14.3. The molecule has 0 aliphatic heterocycles. The zero-order valence-corrected chi connectivity index (χ0v) is 12.8. The Bertz CT molecular complexity index is 641. The fourth-order valence-corrected chi connectivity index (χ4v) is 2.39. The standard InChI is InChI=1S/C14H8Br2F2O/c15-11-3-2-10(17)5-9(11)7-14(19)8-1-4-13(18)12(16)6-8/h1-6H,7H2. The average Bonchev–Trinajstić information content (AvgIpc) is 2.37. The molecule has 98 valence electrons. The van der Waals surface area contributed by atoms with Crippen molar-refractivity contribution in [2.24, 2.45) is 0 Å². The van der Waals surface area contributed by atoms with E-state index in [1.807, 2.05) is 0 Å². The third-order valence-electron chi connectivity index (χ3n) is 2.60. The van der Waals surface area contributed by atoms with Crippen molar-refractivity contribution in [3.8, 4) is 0 Å². The van der Waals surface area contributed by atoms with E-state index in [9.17, 15) is 13.6 Å². The highest BCUT2D eigenvalue weighted by Crippen LogP contribution is 2.22. The van der Waals surface area contributed by atoms with Crippen LogP contribution in [0.5, 0.6) is 0 Å². The van der Waals surface area contributed by atoms with Gasteiger partial charge in [0.05, 0.1) is 4.47 Å². The van der Waals surface area contributed by atoms with E-state index in [2.05, 4.69) is 31.9 Å². The van der Waals surface area contributed by atoms with Gasteiger partial charge in [-0.1, -0.05) is 15.9 Å². The minimum Gasteiger partial charge on any atom is -0.294 e. The van der Waals surface area contributed by atoms with Gasteiger partial charge >= 0.3 is 0 Å². The molecule has 2 rings (SSSR count). The van der Waals surface area contributed by atoms with Crippen molar-refractivity contribution in [2.75, 3.05) is 0 Å². The first-order valence-electron chi connectivity index (χ1n) is 5.39. The number of carbonyl (C=O) groups excluding carboxylic acids is 1. The number of benzene rings is 2. The Morgan fingerprint density at radius 2 is 1.74 bits per heavy atom. The Kier molecular flexibility index (Phi) is 4.47. The van der Waals surface area contributed by atoms with Gasteiger partial charge in [-0.3, -0.25) is 4.79 Å². The molecule has 0 aliphatic rings. The molecule has 5 heteroatoms. The Hall–Kier alpha value is -1.07. The highest BCUT2D eigenvalue weighted by Gasteiger charge is 2.12. The van der Waals surface area contributed by atoms with Gasteiger partial charge in [0.1, 0.15) is 11.6 Å². The van der Waals surface area contributed by atoms with Gasteiger partial charge in [0.15, 0.2) is 5.78 Å².